The van der Waals surface area contributed by atoms with E-state index in [1.54, 1.807) is 28.2 Å². The number of anilines is 1. The van der Waals surface area contributed by atoms with Crippen molar-refractivity contribution in [3.8, 4) is 5.82 Å². The molecule has 1 fully saturated rings. The summed E-state index contributed by atoms with van der Waals surface area (Å²) >= 11 is 6.00. The summed E-state index contributed by atoms with van der Waals surface area (Å²) in [7, 11) is 0. The van der Waals surface area contributed by atoms with Gasteiger partial charge in [0.15, 0.2) is 11.6 Å². The number of imidazole rings is 1. The predicted molar refractivity (Wildman–Crippen MR) is 98.7 cm³/mol. The van der Waals surface area contributed by atoms with Gasteiger partial charge in [-0.05, 0) is 30.3 Å². The van der Waals surface area contributed by atoms with Gasteiger partial charge in [-0.15, -0.1) is 10.2 Å². The molecule has 9 heteroatoms. The van der Waals surface area contributed by atoms with Crippen LogP contribution in [0, 0.1) is 5.82 Å². The van der Waals surface area contributed by atoms with Gasteiger partial charge in [0.25, 0.3) is 5.91 Å². The molecule has 0 spiro atoms. The van der Waals surface area contributed by atoms with Gasteiger partial charge >= 0.3 is 0 Å². The molecule has 1 saturated heterocycles. The van der Waals surface area contributed by atoms with Crippen LogP contribution in [-0.4, -0.2) is 56.7 Å². The van der Waals surface area contributed by atoms with Crippen molar-refractivity contribution in [1.29, 1.82) is 0 Å². The van der Waals surface area contributed by atoms with Crippen molar-refractivity contribution in [1.82, 2.24) is 24.6 Å². The molecule has 138 valence electrons. The summed E-state index contributed by atoms with van der Waals surface area (Å²) < 4.78 is 15.0. The monoisotopic (exact) mass is 386 g/mol. The van der Waals surface area contributed by atoms with Crippen molar-refractivity contribution in [2.75, 3.05) is 31.1 Å². The largest absolute Gasteiger partial charge is 0.352 e. The fraction of sp³-hybridized carbons (Fsp3) is 0.222. The van der Waals surface area contributed by atoms with Crippen LogP contribution < -0.4 is 4.90 Å². The fourth-order valence-electron chi connectivity index (χ4n) is 2.99. The van der Waals surface area contributed by atoms with Crippen molar-refractivity contribution in [2.45, 2.75) is 0 Å². The van der Waals surface area contributed by atoms with E-state index in [4.69, 9.17) is 11.6 Å². The molecule has 0 radical (unpaired) electrons. The molecule has 27 heavy (non-hydrogen) atoms. The first-order chi connectivity index (χ1) is 13.1. The average molecular weight is 387 g/mol. The van der Waals surface area contributed by atoms with E-state index < -0.39 is 5.82 Å². The summed E-state index contributed by atoms with van der Waals surface area (Å²) in [6, 6.07) is 7.60. The number of carbonyl (C=O) groups is 1. The molecular weight excluding hydrogens is 371 g/mol. The summed E-state index contributed by atoms with van der Waals surface area (Å²) in [5, 5.41) is 8.62. The average Bonchev–Trinajstić information content (AvgIpc) is 3.23. The van der Waals surface area contributed by atoms with Gasteiger partial charge in [0.05, 0.1) is 10.6 Å². The van der Waals surface area contributed by atoms with Crippen molar-refractivity contribution in [3.63, 3.8) is 0 Å². The minimum Gasteiger partial charge on any atom is -0.352 e. The number of benzene rings is 1. The molecule has 0 bridgehead atoms. The van der Waals surface area contributed by atoms with Crippen LogP contribution in [0.15, 0.2) is 49.1 Å². The molecule has 4 rings (SSSR count). The smallest absolute Gasteiger partial charge is 0.255 e. The topological polar surface area (TPSA) is 67.2 Å². The van der Waals surface area contributed by atoms with Crippen LogP contribution in [0.2, 0.25) is 5.02 Å². The highest BCUT2D eigenvalue weighted by Crippen LogP contribution is 2.21. The van der Waals surface area contributed by atoms with Crippen molar-refractivity contribution in [3.05, 3.63) is 65.5 Å². The van der Waals surface area contributed by atoms with E-state index in [0.29, 0.717) is 37.6 Å². The minimum atomic E-state index is -0.459. The molecule has 3 aromatic rings. The van der Waals surface area contributed by atoms with Gasteiger partial charge in [0.1, 0.15) is 12.1 Å². The summed E-state index contributed by atoms with van der Waals surface area (Å²) in [4.78, 5) is 20.4. The van der Waals surface area contributed by atoms with Crippen LogP contribution in [0.1, 0.15) is 10.4 Å². The lowest BCUT2D eigenvalue weighted by Crippen LogP contribution is -2.49. The van der Waals surface area contributed by atoms with Gasteiger partial charge in [-0.1, -0.05) is 11.6 Å². The molecule has 0 N–H and O–H groups in total. The van der Waals surface area contributed by atoms with Crippen molar-refractivity contribution >= 4 is 23.3 Å². The normalized spacial score (nSPS) is 14.4. The zero-order valence-electron chi connectivity index (χ0n) is 14.3. The molecule has 0 atom stereocenters. The molecule has 1 aromatic carbocycles. The van der Waals surface area contributed by atoms with Gasteiger partial charge in [-0.2, -0.15) is 0 Å². The Bertz CT molecular complexity index is 939. The Morgan fingerprint density at radius 2 is 1.78 bits per heavy atom. The zero-order valence-corrected chi connectivity index (χ0v) is 15.1. The molecule has 3 heterocycles. The molecule has 2 aromatic heterocycles. The molecule has 0 unspecified atom stereocenters. The highest BCUT2D eigenvalue weighted by atomic mass is 35.5. The number of hydrogen-bond donors (Lipinski definition) is 0. The van der Waals surface area contributed by atoms with E-state index in [9.17, 15) is 9.18 Å². The van der Waals surface area contributed by atoms with Crippen LogP contribution in [-0.2, 0) is 0 Å². The van der Waals surface area contributed by atoms with E-state index >= 15 is 0 Å². The maximum atomic E-state index is 13.2. The second-order valence-corrected chi connectivity index (χ2v) is 6.53. The third-order valence-corrected chi connectivity index (χ3v) is 4.77. The lowest BCUT2D eigenvalue weighted by molar-refractivity contribution is 0.0746. The van der Waals surface area contributed by atoms with Crippen LogP contribution in [0.4, 0.5) is 10.2 Å². The SMILES string of the molecule is O=C(c1ccc(F)cc1Cl)N1CCN(c2ccc(-n3ccnc3)nn2)CC1. The van der Waals surface area contributed by atoms with Crippen LogP contribution >= 0.6 is 11.6 Å². The van der Waals surface area contributed by atoms with Crippen LogP contribution in [0.3, 0.4) is 0 Å². The number of piperazine rings is 1. The number of carbonyl (C=O) groups excluding carboxylic acids is 1. The van der Waals surface area contributed by atoms with Gasteiger partial charge < -0.3 is 9.80 Å². The second-order valence-electron chi connectivity index (χ2n) is 6.12. The van der Waals surface area contributed by atoms with Crippen LogP contribution in [0.5, 0.6) is 0 Å². The first-order valence-corrected chi connectivity index (χ1v) is 8.81. The van der Waals surface area contributed by atoms with Crippen molar-refractivity contribution < 1.29 is 9.18 Å². The Hall–Kier alpha value is -3.00. The Kier molecular flexibility index (Phi) is 4.72. The van der Waals surface area contributed by atoms with Crippen LogP contribution in [0.25, 0.3) is 5.82 Å². The summed E-state index contributed by atoms with van der Waals surface area (Å²) in [6.45, 7) is 2.31. The number of hydrogen-bond acceptors (Lipinski definition) is 5. The number of halogens is 2. The van der Waals surface area contributed by atoms with Gasteiger partial charge in [0, 0.05) is 38.6 Å². The van der Waals surface area contributed by atoms with Gasteiger partial charge in [-0.25, -0.2) is 9.37 Å². The molecule has 7 nitrogen and oxygen atoms in total. The molecule has 0 saturated carbocycles. The van der Waals surface area contributed by atoms with E-state index in [-0.39, 0.29) is 10.9 Å². The minimum absolute atomic E-state index is 0.128. The standard InChI is InChI=1S/C18H16ClFN6O/c19-15-11-13(20)1-2-14(15)18(27)25-9-7-24(8-10-25)16-3-4-17(23-22-16)26-6-5-21-12-26/h1-6,11-12H,7-10H2. The number of amides is 1. The summed E-state index contributed by atoms with van der Waals surface area (Å²) in [6.07, 6.45) is 5.14. The molecule has 1 aliphatic heterocycles. The maximum Gasteiger partial charge on any atom is 0.255 e. The number of aromatic nitrogens is 4. The maximum absolute atomic E-state index is 13.2. The third-order valence-electron chi connectivity index (χ3n) is 4.46. The third kappa shape index (κ3) is 3.61. The number of rotatable bonds is 3. The predicted octanol–water partition coefficient (Wildman–Crippen LogP) is 2.42. The lowest BCUT2D eigenvalue weighted by Gasteiger charge is -2.35. The fourth-order valence-corrected chi connectivity index (χ4v) is 3.24. The highest BCUT2D eigenvalue weighted by Gasteiger charge is 2.24. The van der Waals surface area contributed by atoms with Gasteiger partial charge in [-0.3, -0.25) is 9.36 Å². The molecule has 1 aliphatic rings. The summed E-state index contributed by atoms with van der Waals surface area (Å²) in [5.74, 6) is 0.794. The Labute approximate surface area is 160 Å². The van der Waals surface area contributed by atoms with E-state index in [1.165, 1.54) is 12.1 Å². The second kappa shape index (κ2) is 7.32. The molecular formula is C18H16ClFN6O. The lowest BCUT2D eigenvalue weighted by atomic mass is 10.1. The quantitative estimate of drug-likeness (QED) is 0.691. The Morgan fingerprint density at radius 1 is 1.04 bits per heavy atom. The first kappa shape index (κ1) is 17.4. The molecule has 1 amide bonds. The summed E-state index contributed by atoms with van der Waals surface area (Å²) in [5.41, 5.74) is 0.316. The first-order valence-electron chi connectivity index (χ1n) is 8.43. The van der Waals surface area contributed by atoms with Crippen molar-refractivity contribution in [2.24, 2.45) is 0 Å². The van der Waals surface area contributed by atoms with E-state index in [2.05, 4.69) is 20.1 Å². The van der Waals surface area contributed by atoms with Gasteiger partial charge in [0.2, 0.25) is 0 Å². The van der Waals surface area contributed by atoms with E-state index in [0.717, 1.165) is 11.9 Å². The zero-order chi connectivity index (χ0) is 18.8. The highest BCUT2D eigenvalue weighted by molar-refractivity contribution is 6.33. The number of nitrogens with zero attached hydrogens (tertiary/aromatic N) is 6. The Morgan fingerprint density at radius 3 is 2.41 bits per heavy atom. The van der Waals surface area contributed by atoms with E-state index in [1.807, 2.05) is 12.1 Å². The molecule has 0 aliphatic carbocycles. The Balaban J connectivity index is 1.40.